The quantitative estimate of drug-likeness (QED) is 0.801. The number of nitrogens with one attached hydrogen (secondary N) is 1. The summed E-state index contributed by atoms with van der Waals surface area (Å²) in [6.45, 7) is 1.55. The summed E-state index contributed by atoms with van der Waals surface area (Å²) in [5.41, 5.74) is 1.31. The predicted molar refractivity (Wildman–Crippen MR) is 98.7 cm³/mol. The molecule has 8 heteroatoms. The van der Waals surface area contributed by atoms with Gasteiger partial charge in [-0.1, -0.05) is 11.6 Å². The number of halogens is 1. The van der Waals surface area contributed by atoms with E-state index in [0.29, 0.717) is 28.8 Å². The van der Waals surface area contributed by atoms with Crippen LogP contribution in [0.1, 0.15) is 12.5 Å². The van der Waals surface area contributed by atoms with Gasteiger partial charge in [0, 0.05) is 38.0 Å². The fourth-order valence-electron chi connectivity index (χ4n) is 2.32. The summed E-state index contributed by atoms with van der Waals surface area (Å²) < 4.78 is 10.5. The molecule has 0 aliphatic heterocycles. The van der Waals surface area contributed by atoms with E-state index in [2.05, 4.69) is 10.3 Å². The van der Waals surface area contributed by atoms with E-state index in [1.165, 1.54) is 26.0 Å². The second-order valence-corrected chi connectivity index (χ2v) is 5.80. The van der Waals surface area contributed by atoms with Gasteiger partial charge in [-0.2, -0.15) is 0 Å². The summed E-state index contributed by atoms with van der Waals surface area (Å²) >= 11 is 6.09. The van der Waals surface area contributed by atoms with E-state index in [9.17, 15) is 9.59 Å². The van der Waals surface area contributed by atoms with Crippen molar-refractivity contribution >= 4 is 29.1 Å². The van der Waals surface area contributed by atoms with Gasteiger partial charge >= 0.3 is 0 Å². The zero-order valence-electron chi connectivity index (χ0n) is 14.8. The van der Waals surface area contributed by atoms with E-state index in [0.717, 1.165) is 5.56 Å². The van der Waals surface area contributed by atoms with E-state index in [1.807, 2.05) is 0 Å². The Kier molecular flexibility index (Phi) is 6.80. The lowest BCUT2D eigenvalue weighted by Crippen LogP contribution is -2.39. The van der Waals surface area contributed by atoms with Crippen LogP contribution in [0.5, 0.6) is 11.5 Å². The lowest BCUT2D eigenvalue weighted by molar-refractivity contribution is -0.123. The van der Waals surface area contributed by atoms with Gasteiger partial charge in [-0.25, -0.2) is 0 Å². The summed E-state index contributed by atoms with van der Waals surface area (Å²) in [5, 5.41) is 3.12. The van der Waals surface area contributed by atoms with E-state index >= 15 is 0 Å². The van der Waals surface area contributed by atoms with Crippen molar-refractivity contribution < 1.29 is 19.1 Å². The molecule has 1 N–H and O–H groups in total. The minimum Gasteiger partial charge on any atom is -0.495 e. The second kappa shape index (κ2) is 9.05. The molecule has 138 valence electrons. The molecule has 2 rings (SSSR count). The highest BCUT2D eigenvalue weighted by Gasteiger charge is 2.21. The number of nitrogens with zero attached hydrogens (tertiary/aromatic N) is 2. The smallest absolute Gasteiger partial charge is 0.240 e. The lowest BCUT2D eigenvalue weighted by atomic mass is 10.2. The standard InChI is InChI=1S/C18H20ClN3O4/c1-12(23)22(11-18(24)21-10-13-4-6-20-7-5-13)15-9-16(25-2)14(19)8-17(15)26-3/h4-9H,10-11H2,1-3H3,(H,21,24). The van der Waals surface area contributed by atoms with Gasteiger partial charge in [0.25, 0.3) is 0 Å². The Labute approximate surface area is 156 Å². The summed E-state index contributed by atoms with van der Waals surface area (Å²) in [6.07, 6.45) is 3.29. The number of ether oxygens (including phenoxy) is 2. The maximum absolute atomic E-state index is 12.3. The number of hydrogen-bond donors (Lipinski definition) is 1. The number of carbonyl (C=O) groups excluding carboxylic acids is 2. The van der Waals surface area contributed by atoms with Crippen LogP contribution >= 0.6 is 11.6 Å². The van der Waals surface area contributed by atoms with Gasteiger partial charge in [0.2, 0.25) is 11.8 Å². The molecule has 0 radical (unpaired) electrons. The topological polar surface area (TPSA) is 80.8 Å². The van der Waals surface area contributed by atoms with Crippen LogP contribution in [-0.2, 0) is 16.1 Å². The van der Waals surface area contributed by atoms with Gasteiger partial charge in [0.05, 0.1) is 24.9 Å². The second-order valence-electron chi connectivity index (χ2n) is 5.40. The average Bonchev–Trinajstić information content (AvgIpc) is 2.65. The highest BCUT2D eigenvalue weighted by molar-refractivity contribution is 6.32. The molecule has 0 aliphatic carbocycles. The molecule has 0 atom stereocenters. The van der Waals surface area contributed by atoms with Gasteiger partial charge < -0.3 is 14.8 Å². The summed E-state index contributed by atoms with van der Waals surface area (Å²) in [6, 6.07) is 6.71. The highest BCUT2D eigenvalue weighted by Crippen LogP contribution is 2.38. The highest BCUT2D eigenvalue weighted by atomic mass is 35.5. The van der Waals surface area contributed by atoms with Crippen molar-refractivity contribution in [1.29, 1.82) is 0 Å². The maximum Gasteiger partial charge on any atom is 0.240 e. The van der Waals surface area contributed by atoms with Crippen LogP contribution in [-0.4, -0.2) is 37.6 Å². The van der Waals surface area contributed by atoms with Gasteiger partial charge in [0.1, 0.15) is 18.0 Å². The Morgan fingerprint density at radius 1 is 1.15 bits per heavy atom. The average molecular weight is 378 g/mol. The monoisotopic (exact) mass is 377 g/mol. The molecule has 26 heavy (non-hydrogen) atoms. The van der Waals surface area contributed by atoms with Crippen molar-refractivity contribution in [2.24, 2.45) is 0 Å². The molecule has 0 aliphatic rings. The van der Waals surface area contributed by atoms with Crippen LogP contribution in [0.4, 0.5) is 5.69 Å². The SMILES string of the molecule is COc1cc(N(CC(=O)NCc2ccncc2)C(C)=O)c(OC)cc1Cl. The predicted octanol–water partition coefficient (Wildman–Crippen LogP) is 2.42. The summed E-state index contributed by atoms with van der Waals surface area (Å²) in [7, 11) is 2.93. The Balaban J connectivity index is 2.18. The molecule has 2 aromatic rings. The lowest BCUT2D eigenvalue weighted by Gasteiger charge is -2.23. The molecule has 0 fully saturated rings. The fraction of sp³-hybridized carbons (Fsp3) is 0.278. The maximum atomic E-state index is 12.3. The Morgan fingerprint density at radius 3 is 2.38 bits per heavy atom. The third-order valence-electron chi connectivity index (χ3n) is 3.66. The normalized spacial score (nSPS) is 10.2. The molecule has 2 amide bonds. The number of anilines is 1. The van der Waals surface area contributed by atoms with Crippen LogP contribution in [0.15, 0.2) is 36.7 Å². The molecule has 0 saturated heterocycles. The van der Waals surface area contributed by atoms with Gasteiger partial charge in [-0.05, 0) is 17.7 Å². The van der Waals surface area contributed by atoms with Gasteiger partial charge in [0.15, 0.2) is 0 Å². The molecule has 7 nitrogen and oxygen atoms in total. The van der Waals surface area contributed by atoms with E-state index in [-0.39, 0.29) is 18.4 Å². The summed E-state index contributed by atoms with van der Waals surface area (Å²) in [4.78, 5) is 29.7. The third kappa shape index (κ3) is 4.86. The van der Waals surface area contributed by atoms with Crippen molar-refractivity contribution in [3.8, 4) is 11.5 Å². The molecule has 1 aromatic heterocycles. The first kappa shape index (κ1) is 19.5. The van der Waals surface area contributed by atoms with Crippen LogP contribution < -0.4 is 19.7 Å². The minimum atomic E-state index is -0.313. The first-order chi connectivity index (χ1) is 12.5. The van der Waals surface area contributed by atoms with Gasteiger partial charge in [-0.15, -0.1) is 0 Å². The number of rotatable bonds is 7. The van der Waals surface area contributed by atoms with Crippen molar-refractivity contribution in [1.82, 2.24) is 10.3 Å². The number of methoxy groups -OCH3 is 2. The number of amides is 2. The fourth-order valence-corrected chi connectivity index (χ4v) is 2.55. The molecule has 1 aromatic carbocycles. The molecule has 0 unspecified atom stereocenters. The molecule has 0 spiro atoms. The number of pyridine rings is 1. The number of benzene rings is 1. The molecule has 0 bridgehead atoms. The van der Waals surface area contributed by atoms with Crippen LogP contribution in [0.25, 0.3) is 0 Å². The van der Waals surface area contributed by atoms with Gasteiger partial charge in [-0.3, -0.25) is 19.5 Å². The van der Waals surface area contributed by atoms with Crippen LogP contribution in [0.2, 0.25) is 5.02 Å². The van der Waals surface area contributed by atoms with E-state index in [1.54, 1.807) is 36.7 Å². The molecule has 0 saturated carbocycles. The molecular formula is C18H20ClN3O4. The largest absolute Gasteiger partial charge is 0.495 e. The zero-order chi connectivity index (χ0) is 19.1. The zero-order valence-corrected chi connectivity index (χ0v) is 15.5. The Bertz CT molecular complexity index is 784. The minimum absolute atomic E-state index is 0.165. The van der Waals surface area contributed by atoms with Crippen molar-refractivity contribution in [3.05, 3.63) is 47.2 Å². The number of hydrogen-bond acceptors (Lipinski definition) is 5. The first-order valence-corrected chi connectivity index (χ1v) is 8.19. The number of carbonyl (C=O) groups is 2. The molecular weight excluding hydrogens is 358 g/mol. The van der Waals surface area contributed by atoms with Crippen LogP contribution in [0, 0.1) is 0 Å². The first-order valence-electron chi connectivity index (χ1n) is 7.81. The van der Waals surface area contributed by atoms with Crippen molar-refractivity contribution in [3.63, 3.8) is 0 Å². The van der Waals surface area contributed by atoms with E-state index < -0.39 is 0 Å². The number of aromatic nitrogens is 1. The third-order valence-corrected chi connectivity index (χ3v) is 3.96. The van der Waals surface area contributed by atoms with Crippen molar-refractivity contribution in [2.75, 3.05) is 25.7 Å². The molecule has 1 heterocycles. The summed E-state index contributed by atoms with van der Waals surface area (Å²) in [5.74, 6) is 0.124. The Hall–Kier alpha value is -2.80. The van der Waals surface area contributed by atoms with Crippen LogP contribution in [0.3, 0.4) is 0 Å². The Morgan fingerprint density at radius 2 is 1.81 bits per heavy atom. The van der Waals surface area contributed by atoms with E-state index in [4.69, 9.17) is 21.1 Å². The van der Waals surface area contributed by atoms with Crippen molar-refractivity contribution in [2.45, 2.75) is 13.5 Å².